The minimum Gasteiger partial charge on any atom is -0.321 e. The number of nitrogens with one attached hydrogen (secondary N) is 1. The standard InChI is InChI=1S/C22H14Cl3N3O3/c1-12-8-17(18(11-26)13-2-4-14(23)5-3-13)19(25)10-20(12)27-22(29)16-7-6-15(24)9-21(16)28(30)31/h2-10,18H,1H3,(H,27,29). The summed E-state index contributed by atoms with van der Waals surface area (Å²) in [6.07, 6.45) is 0. The molecule has 156 valence electrons. The molecule has 9 heteroatoms. The Morgan fingerprint density at radius 1 is 1.06 bits per heavy atom. The number of nitrogens with zero attached hydrogens (tertiary/aromatic N) is 2. The number of halogens is 3. The molecular formula is C22H14Cl3N3O3. The lowest BCUT2D eigenvalue weighted by Crippen LogP contribution is -2.15. The van der Waals surface area contributed by atoms with Gasteiger partial charge in [-0.2, -0.15) is 5.26 Å². The Labute approximate surface area is 193 Å². The smallest absolute Gasteiger partial charge is 0.283 e. The number of carbonyl (C=O) groups is 1. The summed E-state index contributed by atoms with van der Waals surface area (Å²) in [7, 11) is 0. The van der Waals surface area contributed by atoms with Crippen LogP contribution in [0.1, 0.15) is 33.0 Å². The summed E-state index contributed by atoms with van der Waals surface area (Å²) in [4.78, 5) is 23.3. The molecule has 0 aromatic heterocycles. The average molecular weight is 475 g/mol. The molecule has 0 heterocycles. The lowest BCUT2D eigenvalue weighted by atomic mass is 9.91. The van der Waals surface area contributed by atoms with Gasteiger partial charge in [-0.05, 0) is 53.9 Å². The van der Waals surface area contributed by atoms with E-state index in [2.05, 4.69) is 11.4 Å². The highest BCUT2D eigenvalue weighted by molar-refractivity contribution is 6.32. The number of hydrogen-bond donors (Lipinski definition) is 1. The Hall–Kier alpha value is -3.11. The van der Waals surface area contributed by atoms with Gasteiger partial charge in [0.05, 0.1) is 16.9 Å². The molecule has 3 aromatic rings. The number of nitro groups is 1. The van der Waals surface area contributed by atoms with Crippen LogP contribution in [0.4, 0.5) is 11.4 Å². The molecular weight excluding hydrogens is 461 g/mol. The molecule has 1 unspecified atom stereocenters. The van der Waals surface area contributed by atoms with E-state index < -0.39 is 22.4 Å². The molecule has 0 saturated carbocycles. The minimum atomic E-state index is -0.676. The monoisotopic (exact) mass is 473 g/mol. The van der Waals surface area contributed by atoms with Crippen LogP contribution in [0.5, 0.6) is 0 Å². The molecule has 0 spiro atoms. The second-order valence-corrected chi connectivity index (χ2v) is 7.96. The minimum absolute atomic E-state index is 0.134. The fraction of sp³-hybridized carbons (Fsp3) is 0.0909. The van der Waals surface area contributed by atoms with Gasteiger partial charge in [0.25, 0.3) is 11.6 Å². The van der Waals surface area contributed by atoms with E-state index in [1.165, 1.54) is 18.2 Å². The van der Waals surface area contributed by atoms with Crippen molar-refractivity contribution < 1.29 is 9.72 Å². The predicted octanol–water partition coefficient (Wildman–Crippen LogP) is 6.77. The SMILES string of the molecule is Cc1cc(C(C#N)c2ccc(Cl)cc2)c(Cl)cc1NC(=O)c1ccc(Cl)cc1[N+](=O)[O-]. The number of anilines is 1. The molecule has 0 aliphatic heterocycles. The highest BCUT2D eigenvalue weighted by atomic mass is 35.5. The molecule has 31 heavy (non-hydrogen) atoms. The topological polar surface area (TPSA) is 96.0 Å². The van der Waals surface area contributed by atoms with E-state index in [4.69, 9.17) is 34.8 Å². The van der Waals surface area contributed by atoms with Gasteiger partial charge in [0.15, 0.2) is 0 Å². The van der Waals surface area contributed by atoms with E-state index in [0.717, 1.165) is 11.6 Å². The molecule has 0 aliphatic rings. The van der Waals surface area contributed by atoms with Crippen LogP contribution in [0.2, 0.25) is 15.1 Å². The van der Waals surface area contributed by atoms with E-state index in [1.54, 1.807) is 37.3 Å². The van der Waals surface area contributed by atoms with Crippen LogP contribution in [0.15, 0.2) is 54.6 Å². The van der Waals surface area contributed by atoms with Crippen LogP contribution in [-0.2, 0) is 0 Å². The summed E-state index contributed by atoms with van der Waals surface area (Å²) < 4.78 is 0. The predicted molar refractivity (Wildman–Crippen MR) is 121 cm³/mol. The maximum atomic E-state index is 12.7. The van der Waals surface area contributed by atoms with E-state index in [1.807, 2.05) is 0 Å². The fourth-order valence-corrected chi connectivity index (χ4v) is 3.64. The normalized spacial score (nSPS) is 11.5. The van der Waals surface area contributed by atoms with Gasteiger partial charge in [-0.25, -0.2) is 0 Å². The molecule has 0 aliphatic carbocycles. The second kappa shape index (κ2) is 9.36. The summed E-state index contributed by atoms with van der Waals surface area (Å²) in [5.74, 6) is -1.31. The van der Waals surface area contributed by atoms with Crippen molar-refractivity contribution in [2.45, 2.75) is 12.8 Å². The number of aryl methyl sites for hydroxylation is 1. The Balaban J connectivity index is 1.94. The van der Waals surface area contributed by atoms with E-state index in [-0.39, 0.29) is 15.6 Å². The zero-order valence-corrected chi connectivity index (χ0v) is 18.3. The van der Waals surface area contributed by atoms with Crippen molar-refractivity contribution in [1.29, 1.82) is 5.26 Å². The lowest BCUT2D eigenvalue weighted by molar-refractivity contribution is -0.385. The third-order valence-electron chi connectivity index (χ3n) is 4.64. The Kier molecular flexibility index (Phi) is 6.81. The van der Waals surface area contributed by atoms with Crippen molar-refractivity contribution in [2.24, 2.45) is 0 Å². The molecule has 0 radical (unpaired) electrons. The van der Waals surface area contributed by atoms with Gasteiger partial charge in [-0.1, -0.05) is 53.0 Å². The van der Waals surface area contributed by atoms with Gasteiger partial charge in [-0.3, -0.25) is 14.9 Å². The van der Waals surface area contributed by atoms with Gasteiger partial charge in [0.1, 0.15) is 5.56 Å². The summed E-state index contributed by atoms with van der Waals surface area (Å²) in [6, 6.07) is 16.1. The number of amides is 1. The zero-order valence-electron chi connectivity index (χ0n) is 16.0. The number of nitro benzene ring substituents is 1. The molecule has 1 atom stereocenters. The van der Waals surface area contributed by atoms with Gasteiger partial charge in [0.2, 0.25) is 0 Å². The first-order valence-corrected chi connectivity index (χ1v) is 10.0. The molecule has 1 amide bonds. The van der Waals surface area contributed by atoms with Crippen LogP contribution in [0.25, 0.3) is 0 Å². The first-order valence-electron chi connectivity index (χ1n) is 8.91. The number of carbonyl (C=O) groups excluding carboxylic acids is 1. The Morgan fingerprint density at radius 2 is 1.71 bits per heavy atom. The van der Waals surface area contributed by atoms with Crippen molar-refractivity contribution in [3.8, 4) is 6.07 Å². The summed E-state index contributed by atoms with van der Waals surface area (Å²) in [6.45, 7) is 1.74. The third kappa shape index (κ3) is 4.97. The number of nitriles is 1. The lowest BCUT2D eigenvalue weighted by Gasteiger charge is -2.16. The summed E-state index contributed by atoms with van der Waals surface area (Å²) in [5.41, 5.74) is 1.76. The van der Waals surface area contributed by atoms with Crippen LogP contribution in [0.3, 0.4) is 0 Å². The maximum Gasteiger partial charge on any atom is 0.283 e. The number of benzene rings is 3. The molecule has 1 N–H and O–H groups in total. The largest absolute Gasteiger partial charge is 0.321 e. The van der Waals surface area contributed by atoms with Crippen molar-refractivity contribution in [3.05, 3.63) is 102 Å². The number of hydrogen-bond acceptors (Lipinski definition) is 4. The summed E-state index contributed by atoms with van der Waals surface area (Å²) in [5, 5.41) is 24.6. The van der Waals surface area contributed by atoms with Crippen molar-refractivity contribution in [1.82, 2.24) is 0 Å². The van der Waals surface area contributed by atoms with Gasteiger partial charge in [-0.15, -0.1) is 0 Å². The van der Waals surface area contributed by atoms with Gasteiger partial charge < -0.3 is 5.32 Å². The van der Waals surface area contributed by atoms with Crippen LogP contribution < -0.4 is 5.32 Å². The quantitative estimate of drug-likeness (QED) is 0.326. The van der Waals surface area contributed by atoms with E-state index >= 15 is 0 Å². The van der Waals surface area contributed by atoms with Crippen molar-refractivity contribution in [2.75, 3.05) is 5.32 Å². The molecule has 6 nitrogen and oxygen atoms in total. The Morgan fingerprint density at radius 3 is 2.32 bits per heavy atom. The fourth-order valence-electron chi connectivity index (χ4n) is 3.08. The van der Waals surface area contributed by atoms with Crippen LogP contribution in [0, 0.1) is 28.4 Å². The third-order valence-corrected chi connectivity index (χ3v) is 5.45. The van der Waals surface area contributed by atoms with Crippen LogP contribution >= 0.6 is 34.8 Å². The highest BCUT2D eigenvalue weighted by Crippen LogP contribution is 2.35. The van der Waals surface area contributed by atoms with Gasteiger partial charge in [0, 0.05) is 26.8 Å². The first-order chi connectivity index (χ1) is 14.7. The molecule has 0 fully saturated rings. The molecule has 0 bridgehead atoms. The van der Waals surface area contributed by atoms with E-state index in [0.29, 0.717) is 21.8 Å². The zero-order chi connectivity index (χ0) is 22.7. The van der Waals surface area contributed by atoms with Gasteiger partial charge >= 0.3 is 0 Å². The van der Waals surface area contributed by atoms with Crippen LogP contribution in [-0.4, -0.2) is 10.8 Å². The Bertz CT molecular complexity index is 1220. The van der Waals surface area contributed by atoms with Crippen molar-refractivity contribution in [3.63, 3.8) is 0 Å². The first kappa shape index (κ1) is 22.6. The molecule has 0 saturated heterocycles. The number of rotatable bonds is 5. The molecule has 3 aromatic carbocycles. The van der Waals surface area contributed by atoms with Crippen molar-refractivity contribution >= 4 is 52.1 Å². The summed E-state index contributed by atoms with van der Waals surface area (Å²) >= 11 is 18.2. The highest BCUT2D eigenvalue weighted by Gasteiger charge is 2.23. The maximum absolute atomic E-state index is 12.7. The van der Waals surface area contributed by atoms with E-state index in [9.17, 15) is 20.2 Å². The second-order valence-electron chi connectivity index (χ2n) is 6.68. The average Bonchev–Trinajstić information content (AvgIpc) is 2.73. The molecule has 3 rings (SSSR count).